The molecule has 0 spiro atoms. The molecule has 0 aliphatic carbocycles. The molecule has 0 atom stereocenters. The fourth-order valence-corrected chi connectivity index (χ4v) is 2.72. The number of esters is 1. The highest BCUT2D eigenvalue weighted by Gasteiger charge is 2.27. The second-order valence-corrected chi connectivity index (χ2v) is 6.12. The van der Waals surface area contributed by atoms with Gasteiger partial charge in [0.2, 0.25) is 5.91 Å². The molecule has 9 nitrogen and oxygen atoms in total. The molecule has 0 fully saturated rings. The molecule has 0 saturated carbocycles. The van der Waals surface area contributed by atoms with E-state index in [1.165, 1.54) is 12.0 Å². The van der Waals surface area contributed by atoms with Crippen LogP contribution in [0.25, 0.3) is 0 Å². The lowest BCUT2D eigenvalue weighted by molar-refractivity contribution is -0.146. The molecule has 150 valence electrons. The normalized spacial score (nSPS) is 12.4. The maximum atomic E-state index is 12.4. The van der Waals surface area contributed by atoms with Crippen LogP contribution in [0, 0.1) is 0 Å². The molecular formula is C20H19N3O6. The Bertz CT molecular complexity index is 941. The number of ether oxygens (including phenoxy) is 2. The van der Waals surface area contributed by atoms with E-state index in [9.17, 15) is 19.2 Å². The van der Waals surface area contributed by atoms with Gasteiger partial charge in [0.1, 0.15) is 18.8 Å². The summed E-state index contributed by atoms with van der Waals surface area (Å²) in [7, 11) is 1.52. The molecule has 0 unspecified atom stereocenters. The molecule has 0 bridgehead atoms. The Morgan fingerprint density at radius 1 is 1.10 bits per heavy atom. The number of hydrogen-bond donors (Lipinski definition) is 2. The summed E-state index contributed by atoms with van der Waals surface area (Å²) < 4.78 is 9.95. The summed E-state index contributed by atoms with van der Waals surface area (Å²) in [5.74, 6) is -1.50. The third-order valence-electron chi connectivity index (χ3n) is 4.17. The average Bonchev–Trinajstić information content (AvgIpc) is 2.75. The lowest BCUT2D eigenvalue weighted by atomic mass is 10.2. The fourth-order valence-electron chi connectivity index (χ4n) is 2.72. The van der Waals surface area contributed by atoms with E-state index in [1.807, 2.05) is 0 Å². The topological polar surface area (TPSA) is 114 Å². The fraction of sp³-hybridized carbons (Fsp3) is 0.200. The highest BCUT2D eigenvalue weighted by atomic mass is 16.5. The Hall–Kier alpha value is -3.88. The number of hydrogen-bond acceptors (Lipinski definition) is 6. The van der Waals surface area contributed by atoms with E-state index in [2.05, 4.69) is 10.6 Å². The molecule has 2 aromatic carbocycles. The molecule has 9 heteroatoms. The lowest BCUT2D eigenvalue weighted by Crippen LogP contribution is -2.44. The first-order valence-electron chi connectivity index (χ1n) is 8.75. The van der Waals surface area contributed by atoms with Gasteiger partial charge in [0.05, 0.1) is 18.5 Å². The SMILES string of the molecule is COc1ccc(C(=O)NCC(=O)OCC(=O)N2CC(=O)Nc3ccccc32)cc1. The standard InChI is InChI=1S/C20H19N3O6/c1-28-14-8-6-13(7-9-14)20(27)21-10-19(26)29-12-18(25)23-11-17(24)22-15-4-2-3-5-16(15)23/h2-9H,10-12H2,1H3,(H,21,27)(H,22,24). The molecule has 1 aliphatic heterocycles. The number of benzene rings is 2. The number of carbonyl (C=O) groups is 4. The summed E-state index contributed by atoms with van der Waals surface area (Å²) in [6.45, 7) is -1.10. The van der Waals surface area contributed by atoms with Gasteiger partial charge in [-0.25, -0.2) is 0 Å². The minimum absolute atomic E-state index is 0.165. The van der Waals surface area contributed by atoms with Crippen LogP contribution >= 0.6 is 0 Å². The predicted octanol–water partition coefficient (Wildman–Crippen LogP) is 0.954. The van der Waals surface area contributed by atoms with Crippen molar-refractivity contribution in [1.29, 1.82) is 0 Å². The first-order valence-corrected chi connectivity index (χ1v) is 8.75. The van der Waals surface area contributed by atoms with Crippen molar-refractivity contribution >= 4 is 35.1 Å². The Kier molecular flexibility index (Phi) is 6.08. The van der Waals surface area contributed by atoms with Gasteiger partial charge in [0.15, 0.2) is 6.61 Å². The lowest BCUT2D eigenvalue weighted by Gasteiger charge is -2.28. The van der Waals surface area contributed by atoms with Gasteiger partial charge in [-0.05, 0) is 36.4 Å². The van der Waals surface area contributed by atoms with Crippen LogP contribution in [0.5, 0.6) is 5.75 Å². The zero-order valence-electron chi connectivity index (χ0n) is 15.6. The van der Waals surface area contributed by atoms with Gasteiger partial charge in [0.25, 0.3) is 11.8 Å². The van der Waals surface area contributed by atoms with E-state index in [4.69, 9.17) is 9.47 Å². The molecule has 0 aromatic heterocycles. The van der Waals surface area contributed by atoms with Crippen LogP contribution in [-0.2, 0) is 19.1 Å². The molecule has 0 radical (unpaired) electrons. The maximum Gasteiger partial charge on any atom is 0.325 e. The van der Waals surface area contributed by atoms with Gasteiger partial charge >= 0.3 is 5.97 Å². The van der Waals surface area contributed by atoms with E-state index in [0.717, 1.165) is 0 Å². The van der Waals surface area contributed by atoms with Crippen molar-refractivity contribution in [2.75, 3.05) is 37.0 Å². The average molecular weight is 397 g/mol. The van der Waals surface area contributed by atoms with Crippen LogP contribution in [0.4, 0.5) is 11.4 Å². The summed E-state index contributed by atoms with van der Waals surface area (Å²) in [6, 6.07) is 13.2. The van der Waals surface area contributed by atoms with Gasteiger partial charge in [-0.1, -0.05) is 12.1 Å². The Morgan fingerprint density at radius 2 is 1.83 bits per heavy atom. The molecule has 3 amide bonds. The monoisotopic (exact) mass is 397 g/mol. The Labute approximate surface area is 166 Å². The highest BCUT2D eigenvalue weighted by molar-refractivity contribution is 6.10. The van der Waals surface area contributed by atoms with Crippen LogP contribution in [0.2, 0.25) is 0 Å². The third-order valence-corrected chi connectivity index (χ3v) is 4.17. The third kappa shape index (κ3) is 4.89. The number of anilines is 2. The van der Waals surface area contributed by atoms with Gasteiger partial charge in [-0.3, -0.25) is 24.1 Å². The van der Waals surface area contributed by atoms with Crippen LogP contribution < -0.4 is 20.3 Å². The van der Waals surface area contributed by atoms with Gasteiger partial charge in [-0.2, -0.15) is 0 Å². The van der Waals surface area contributed by atoms with Crippen molar-refractivity contribution in [3.8, 4) is 5.75 Å². The number of methoxy groups -OCH3 is 1. The van der Waals surface area contributed by atoms with Crippen LogP contribution in [0.3, 0.4) is 0 Å². The molecule has 3 rings (SSSR count). The Morgan fingerprint density at radius 3 is 2.55 bits per heavy atom. The summed E-state index contributed by atoms with van der Waals surface area (Å²) in [5, 5.41) is 5.09. The van der Waals surface area contributed by atoms with Crippen molar-refractivity contribution in [1.82, 2.24) is 5.32 Å². The summed E-state index contributed by atoms with van der Waals surface area (Å²) in [4.78, 5) is 49.3. The van der Waals surface area contributed by atoms with Crippen molar-refractivity contribution in [2.45, 2.75) is 0 Å². The van der Waals surface area contributed by atoms with E-state index in [0.29, 0.717) is 22.7 Å². The summed E-state index contributed by atoms with van der Waals surface area (Å²) >= 11 is 0. The van der Waals surface area contributed by atoms with E-state index >= 15 is 0 Å². The molecule has 2 aromatic rings. The van der Waals surface area contributed by atoms with Gasteiger partial charge in [-0.15, -0.1) is 0 Å². The molecular weight excluding hydrogens is 378 g/mol. The highest BCUT2D eigenvalue weighted by Crippen LogP contribution is 2.28. The number of nitrogens with zero attached hydrogens (tertiary/aromatic N) is 1. The molecule has 1 heterocycles. The molecule has 29 heavy (non-hydrogen) atoms. The maximum absolute atomic E-state index is 12.4. The Balaban J connectivity index is 1.49. The number of fused-ring (bicyclic) bond motifs is 1. The van der Waals surface area contributed by atoms with Crippen LogP contribution in [0.15, 0.2) is 48.5 Å². The van der Waals surface area contributed by atoms with Crippen LogP contribution in [-0.4, -0.2) is 50.5 Å². The van der Waals surface area contributed by atoms with Crippen molar-refractivity contribution in [3.05, 3.63) is 54.1 Å². The van der Waals surface area contributed by atoms with E-state index in [1.54, 1.807) is 48.5 Å². The van der Waals surface area contributed by atoms with Crippen molar-refractivity contribution in [2.24, 2.45) is 0 Å². The minimum atomic E-state index is -0.769. The van der Waals surface area contributed by atoms with Crippen molar-refractivity contribution < 1.29 is 28.7 Å². The number of para-hydroxylation sites is 2. The molecule has 0 saturated heterocycles. The first-order chi connectivity index (χ1) is 14.0. The number of carbonyl (C=O) groups excluding carboxylic acids is 4. The number of rotatable bonds is 6. The quantitative estimate of drug-likeness (QED) is 0.702. The predicted molar refractivity (Wildman–Crippen MR) is 104 cm³/mol. The number of nitrogens with one attached hydrogen (secondary N) is 2. The molecule has 1 aliphatic rings. The van der Waals surface area contributed by atoms with E-state index in [-0.39, 0.29) is 12.5 Å². The zero-order chi connectivity index (χ0) is 20.8. The first kappa shape index (κ1) is 19.9. The smallest absolute Gasteiger partial charge is 0.325 e. The minimum Gasteiger partial charge on any atom is -0.497 e. The number of amides is 3. The van der Waals surface area contributed by atoms with Crippen molar-refractivity contribution in [3.63, 3.8) is 0 Å². The van der Waals surface area contributed by atoms with Crippen LogP contribution in [0.1, 0.15) is 10.4 Å². The molecule has 2 N–H and O–H groups in total. The summed E-state index contributed by atoms with van der Waals surface area (Å²) in [6.07, 6.45) is 0. The second kappa shape index (κ2) is 8.87. The second-order valence-electron chi connectivity index (χ2n) is 6.12. The van der Waals surface area contributed by atoms with E-state index < -0.39 is 30.9 Å². The zero-order valence-corrected chi connectivity index (χ0v) is 15.6. The summed E-state index contributed by atoms with van der Waals surface area (Å²) in [5.41, 5.74) is 1.39. The van der Waals surface area contributed by atoms with Gasteiger partial charge < -0.3 is 20.1 Å². The van der Waals surface area contributed by atoms with Gasteiger partial charge in [0, 0.05) is 5.56 Å². The largest absolute Gasteiger partial charge is 0.497 e.